The van der Waals surface area contributed by atoms with E-state index in [4.69, 9.17) is 0 Å². The second-order valence-corrected chi connectivity index (χ2v) is 5.06. The molecular weight excluding hydrogens is 186 g/mol. The Balaban J connectivity index is 1.78. The van der Waals surface area contributed by atoms with Gasteiger partial charge in [0.1, 0.15) is 5.82 Å². The summed E-state index contributed by atoms with van der Waals surface area (Å²) in [4.78, 5) is 9.94. The molecule has 0 amide bonds. The van der Waals surface area contributed by atoms with E-state index in [2.05, 4.69) is 28.7 Å². The first kappa shape index (κ1) is 10.7. The van der Waals surface area contributed by atoms with Crippen LogP contribution in [0, 0.1) is 11.8 Å². The molecule has 2 heterocycles. The number of hydrogen-bond donors (Lipinski definition) is 1. The molecule has 1 aliphatic heterocycles. The largest absolute Gasteiger partial charge is 0.348 e. The zero-order chi connectivity index (χ0) is 10.7. The minimum Gasteiger partial charge on any atom is -0.348 e. The van der Waals surface area contributed by atoms with Crippen molar-refractivity contribution in [3.63, 3.8) is 0 Å². The molecule has 0 aliphatic carbocycles. The first-order valence-corrected chi connectivity index (χ1v) is 5.94. The summed E-state index contributed by atoms with van der Waals surface area (Å²) in [6.07, 6.45) is 6.46. The summed E-state index contributed by atoms with van der Waals surface area (Å²) in [6.45, 7) is 8.10. The molecule has 1 aromatic heterocycles. The van der Waals surface area contributed by atoms with Crippen LogP contribution in [0.4, 0.5) is 0 Å². The van der Waals surface area contributed by atoms with Gasteiger partial charge in [0.25, 0.3) is 0 Å². The van der Waals surface area contributed by atoms with Crippen molar-refractivity contribution >= 4 is 0 Å². The smallest absolute Gasteiger partial charge is 0.120 e. The zero-order valence-electron chi connectivity index (χ0n) is 9.74. The fourth-order valence-corrected chi connectivity index (χ4v) is 2.51. The van der Waals surface area contributed by atoms with E-state index in [0.717, 1.165) is 24.2 Å². The van der Waals surface area contributed by atoms with Crippen molar-refractivity contribution < 1.29 is 0 Å². The topological polar surface area (TPSA) is 31.9 Å². The average molecular weight is 207 g/mol. The van der Waals surface area contributed by atoms with Crippen LogP contribution in [0.15, 0.2) is 12.4 Å². The van der Waals surface area contributed by atoms with E-state index in [1.54, 1.807) is 0 Å². The first-order valence-electron chi connectivity index (χ1n) is 5.94. The molecule has 1 saturated heterocycles. The maximum absolute atomic E-state index is 4.27. The SMILES string of the molecule is CC(C)CC1CCN(Cc2ncc[nH]2)C1. The monoisotopic (exact) mass is 207 g/mol. The fraction of sp³-hybridized carbons (Fsp3) is 0.750. The molecule has 1 fully saturated rings. The number of aromatic nitrogens is 2. The Labute approximate surface area is 91.9 Å². The van der Waals surface area contributed by atoms with Crippen LogP contribution in [-0.2, 0) is 6.54 Å². The van der Waals surface area contributed by atoms with Crippen molar-refractivity contribution in [2.24, 2.45) is 11.8 Å². The molecule has 2 rings (SSSR count). The number of aromatic amines is 1. The summed E-state index contributed by atoms with van der Waals surface area (Å²) >= 11 is 0. The molecule has 1 N–H and O–H groups in total. The molecule has 84 valence electrons. The third kappa shape index (κ3) is 3.06. The van der Waals surface area contributed by atoms with E-state index < -0.39 is 0 Å². The molecule has 3 nitrogen and oxygen atoms in total. The average Bonchev–Trinajstić information content (AvgIpc) is 2.77. The van der Waals surface area contributed by atoms with Gasteiger partial charge in [0, 0.05) is 18.9 Å². The normalized spacial score (nSPS) is 22.7. The Morgan fingerprint density at radius 3 is 3.13 bits per heavy atom. The van der Waals surface area contributed by atoms with Crippen LogP contribution in [0.2, 0.25) is 0 Å². The number of nitrogens with zero attached hydrogens (tertiary/aromatic N) is 2. The quantitative estimate of drug-likeness (QED) is 0.821. The highest BCUT2D eigenvalue weighted by Crippen LogP contribution is 2.23. The Bertz CT molecular complexity index is 279. The second-order valence-electron chi connectivity index (χ2n) is 5.06. The van der Waals surface area contributed by atoms with Crippen LogP contribution in [0.5, 0.6) is 0 Å². The maximum Gasteiger partial charge on any atom is 0.120 e. The van der Waals surface area contributed by atoms with Crippen molar-refractivity contribution in [1.82, 2.24) is 14.9 Å². The predicted molar refractivity (Wildman–Crippen MR) is 61.4 cm³/mol. The third-order valence-electron chi connectivity index (χ3n) is 3.10. The summed E-state index contributed by atoms with van der Waals surface area (Å²) in [5.74, 6) is 2.83. The number of H-pyrrole nitrogens is 1. The van der Waals surface area contributed by atoms with Gasteiger partial charge >= 0.3 is 0 Å². The molecule has 0 radical (unpaired) electrons. The van der Waals surface area contributed by atoms with Gasteiger partial charge in [-0.15, -0.1) is 0 Å². The summed E-state index contributed by atoms with van der Waals surface area (Å²) in [5.41, 5.74) is 0. The minimum atomic E-state index is 0.832. The van der Waals surface area contributed by atoms with Gasteiger partial charge in [0.15, 0.2) is 0 Å². The van der Waals surface area contributed by atoms with Crippen molar-refractivity contribution in [1.29, 1.82) is 0 Å². The van der Waals surface area contributed by atoms with E-state index in [1.165, 1.54) is 25.9 Å². The van der Waals surface area contributed by atoms with Crippen LogP contribution in [0.3, 0.4) is 0 Å². The van der Waals surface area contributed by atoms with Gasteiger partial charge in [-0.05, 0) is 31.2 Å². The summed E-state index contributed by atoms with van der Waals surface area (Å²) in [7, 11) is 0. The van der Waals surface area contributed by atoms with Crippen LogP contribution in [0.1, 0.15) is 32.5 Å². The summed E-state index contributed by atoms with van der Waals surface area (Å²) in [6, 6.07) is 0. The molecule has 1 unspecified atom stereocenters. The minimum absolute atomic E-state index is 0.832. The lowest BCUT2D eigenvalue weighted by Crippen LogP contribution is -2.21. The van der Waals surface area contributed by atoms with Gasteiger partial charge < -0.3 is 4.98 Å². The molecule has 0 bridgehead atoms. The van der Waals surface area contributed by atoms with Crippen LogP contribution in [0.25, 0.3) is 0 Å². The Morgan fingerprint density at radius 1 is 1.60 bits per heavy atom. The molecule has 1 aliphatic rings. The van der Waals surface area contributed by atoms with Gasteiger partial charge in [0.2, 0.25) is 0 Å². The Morgan fingerprint density at radius 2 is 2.47 bits per heavy atom. The highest BCUT2D eigenvalue weighted by Gasteiger charge is 2.23. The molecule has 1 aromatic rings. The number of imidazole rings is 1. The van der Waals surface area contributed by atoms with Gasteiger partial charge in [-0.2, -0.15) is 0 Å². The number of hydrogen-bond acceptors (Lipinski definition) is 2. The highest BCUT2D eigenvalue weighted by molar-refractivity contribution is 4.88. The molecular formula is C12H21N3. The molecule has 0 aromatic carbocycles. The fourth-order valence-electron chi connectivity index (χ4n) is 2.51. The van der Waals surface area contributed by atoms with Crippen LogP contribution >= 0.6 is 0 Å². The number of nitrogens with one attached hydrogen (secondary N) is 1. The molecule has 3 heteroatoms. The van der Waals surface area contributed by atoms with E-state index in [-0.39, 0.29) is 0 Å². The molecule has 1 atom stereocenters. The zero-order valence-corrected chi connectivity index (χ0v) is 9.74. The lowest BCUT2D eigenvalue weighted by molar-refractivity contribution is 0.299. The van der Waals surface area contributed by atoms with E-state index >= 15 is 0 Å². The maximum atomic E-state index is 4.27. The van der Waals surface area contributed by atoms with Gasteiger partial charge in [0.05, 0.1) is 6.54 Å². The van der Waals surface area contributed by atoms with Crippen molar-refractivity contribution in [2.75, 3.05) is 13.1 Å². The van der Waals surface area contributed by atoms with Crippen molar-refractivity contribution in [3.8, 4) is 0 Å². The molecule has 0 saturated carbocycles. The number of likely N-dealkylation sites (tertiary alicyclic amines) is 1. The highest BCUT2D eigenvalue weighted by atomic mass is 15.2. The van der Waals surface area contributed by atoms with Crippen molar-refractivity contribution in [2.45, 2.75) is 33.2 Å². The van der Waals surface area contributed by atoms with Gasteiger partial charge in [-0.3, -0.25) is 4.90 Å². The Hall–Kier alpha value is -0.830. The van der Waals surface area contributed by atoms with Gasteiger partial charge in [-0.25, -0.2) is 4.98 Å². The predicted octanol–water partition coefficient (Wildman–Crippen LogP) is 2.28. The third-order valence-corrected chi connectivity index (χ3v) is 3.10. The van der Waals surface area contributed by atoms with E-state index in [0.29, 0.717) is 0 Å². The molecule has 0 spiro atoms. The van der Waals surface area contributed by atoms with Gasteiger partial charge in [-0.1, -0.05) is 13.8 Å². The summed E-state index contributed by atoms with van der Waals surface area (Å²) < 4.78 is 0. The lowest BCUT2D eigenvalue weighted by atomic mass is 9.97. The second kappa shape index (κ2) is 4.79. The molecule has 15 heavy (non-hydrogen) atoms. The van der Waals surface area contributed by atoms with E-state index in [1.807, 2.05) is 12.4 Å². The van der Waals surface area contributed by atoms with Crippen LogP contribution in [-0.4, -0.2) is 28.0 Å². The van der Waals surface area contributed by atoms with Crippen molar-refractivity contribution in [3.05, 3.63) is 18.2 Å². The first-order chi connectivity index (χ1) is 7.24. The standard InChI is InChI=1S/C12H21N3/c1-10(2)7-11-3-6-15(8-11)9-12-13-4-5-14-12/h4-5,10-11H,3,6-9H2,1-2H3,(H,13,14). The Kier molecular flexibility index (Phi) is 3.41. The summed E-state index contributed by atoms with van der Waals surface area (Å²) in [5, 5.41) is 0. The lowest BCUT2D eigenvalue weighted by Gasteiger charge is -2.15. The van der Waals surface area contributed by atoms with Crippen LogP contribution < -0.4 is 0 Å². The van der Waals surface area contributed by atoms with E-state index in [9.17, 15) is 0 Å². The number of rotatable bonds is 4.